The molecule has 0 spiro atoms. The van der Waals surface area contributed by atoms with Crippen molar-refractivity contribution in [2.24, 2.45) is 0 Å². The van der Waals surface area contributed by atoms with Crippen molar-refractivity contribution in [3.8, 4) is 11.1 Å². The molecular weight excluding hydrogens is 457 g/mol. The van der Waals surface area contributed by atoms with E-state index in [0.717, 1.165) is 39.2 Å². The van der Waals surface area contributed by atoms with E-state index in [9.17, 15) is 12.8 Å². The molecule has 0 saturated carbocycles. The SMILES string of the molecule is O=S(=O)(c1ccc(CSc2ncnc3scc(-c4ccc(F)cc4)c23)o1)N1CCCC1. The molecule has 4 aromatic rings. The number of rotatable bonds is 6. The molecule has 0 aliphatic carbocycles. The molecule has 1 saturated heterocycles. The number of aromatic nitrogens is 2. The monoisotopic (exact) mass is 475 g/mol. The zero-order valence-corrected chi connectivity index (χ0v) is 18.8. The highest BCUT2D eigenvalue weighted by atomic mass is 32.2. The summed E-state index contributed by atoms with van der Waals surface area (Å²) in [5.74, 6) is 0.708. The number of benzene rings is 1. The van der Waals surface area contributed by atoms with Crippen molar-refractivity contribution in [1.82, 2.24) is 14.3 Å². The minimum atomic E-state index is -3.57. The summed E-state index contributed by atoms with van der Waals surface area (Å²) in [7, 11) is -3.57. The van der Waals surface area contributed by atoms with Gasteiger partial charge >= 0.3 is 0 Å². The van der Waals surface area contributed by atoms with Crippen LogP contribution in [0.3, 0.4) is 0 Å². The number of sulfonamides is 1. The second-order valence-electron chi connectivity index (χ2n) is 7.14. The summed E-state index contributed by atoms with van der Waals surface area (Å²) in [6.07, 6.45) is 3.27. The van der Waals surface area contributed by atoms with Crippen LogP contribution >= 0.6 is 23.1 Å². The number of hydrogen-bond donors (Lipinski definition) is 0. The predicted molar refractivity (Wildman–Crippen MR) is 119 cm³/mol. The van der Waals surface area contributed by atoms with Gasteiger partial charge in [0.25, 0.3) is 10.0 Å². The first-order valence-corrected chi connectivity index (χ1v) is 13.0. The maximum absolute atomic E-state index is 13.3. The molecule has 31 heavy (non-hydrogen) atoms. The van der Waals surface area contributed by atoms with Crippen LogP contribution in [0.2, 0.25) is 0 Å². The summed E-state index contributed by atoms with van der Waals surface area (Å²) in [5.41, 5.74) is 1.83. The number of hydrogen-bond acceptors (Lipinski definition) is 7. The standard InChI is InChI=1S/C21H18FN3O3S3/c22-15-5-3-14(4-6-15)17-12-30-21-19(17)20(23-13-24-21)29-11-16-7-8-18(28-16)31(26,27)25-9-1-2-10-25/h3-8,12-13H,1-2,9-11H2. The van der Waals surface area contributed by atoms with E-state index in [-0.39, 0.29) is 10.9 Å². The smallest absolute Gasteiger partial charge is 0.276 e. The quantitative estimate of drug-likeness (QED) is 0.283. The lowest BCUT2D eigenvalue weighted by Crippen LogP contribution is -2.27. The van der Waals surface area contributed by atoms with Gasteiger partial charge < -0.3 is 4.42 Å². The van der Waals surface area contributed by atoms with Crippen LogP contribution in [0.15, 0.2) is 62.6 Å². The minimum absolute atomic E-state index is 0.0135. The average molecular weight is 476 g/mol. The van der Waals surface area contributed by atoms with E-state index >= 15 is 0 Å². The lowest BCUT2D eigenvalue weighted by molar-refractivity contribution is 0.397. The molecule has 1 aliphatic rings. The molecule has 0 unspecified atom stereocenters. The second kappa shape index (κ2) is 8.34. The van der Waals surface area contributed by atoms with E-state index in [0.29, 0.717) is 24.6 Å². The van der Waals surface area contributed by atoms with E-state index in [1.54, 1.807) is 18.2 Å². The number of nitrogens with zero attached hydrogens (tertiary/aromatic N) is 3. The second-order valence-corrected chi connectivity index (χ2v) is 10.8. The van der Waals surface area contributed by atoms with Crippen molar-refractivity contribution in [1.29, 1.82) is 0 Å². The van der Waals surface area contributed by atoms with Crippen molar-refractivity contribution < 1.29 is 17.2 Å². The van der Waals surface area contributed by atoms with Gasteiger partial charge in [-0.15, -0.1) is 11.3 Å². The Hall–Kier alpha value is -2.27. The van der Waals surface area contributed by atoms with E-state index in [2.05, 4.69) is 9.97 Å². The van der Waals surface area contributed by atoms with Crippen LogP contribution in [-0.4, -0.2) is 35.8 Å². The van der Waals surface area contributed by atoms with E-state index < -0.39 is 10.0 Å². The maximum Gasteiger partial charge on any atom is 0.276 e. The molecule has 10 heteroatoms. The fourth-order valence-corrected chi connectivity index (χ4v) is 6.90. The molecule has 3 aromatic heterocycles. The van der Waals surface area contributed by atoms with E-state index in [4.69, 9.17) is 4.42 Å². The molecule has 0 bridgehead atoms. The normalized spacial score (nSPS) is 15.1. The molecule has 6 nitrogen and oxygen atoms in total. The van der Waals surface area contributed by atoms with Gasteiger partial charge in [-0.1, -0.05) is 23.9 Å². The Kier molecular flexibility index (Phi) is 5.55. The first-order valence-electron chi connectivity index (χ1n) is 9.72. The zero-order valence-electron chi connectivity index (χ0n) is 16.3. The van der Waals surface area contributed by atoms with Gasteiger partial charge in [-0.2, -0.15) is 4.31 Å². The van der Waals surface area contributed by atoms with Gasteiger partial charge in [0.1, 0.15) is 27.8 Å². The Bertz CT molecular complexity index is 1330. The molecule has 0 radical (unpaired) electrons. The minimum Gasteiger partial charge on any atom is -0.447 e. The number of furan rings is 1. The van der Waals surface area contributed by atoms with Gasteiger partial charge in [0.05, 0.1) is 11.1 Å². The van der Waals surface area contributed by atoms with Crippen molar-refractivity contribution >= 4 is 43.3 Å². The first-order chi connectivity index (χ1) is 15.0. The highest BCUT2D eigenvalue weighted by Crippen LogP contribution is 2.39. The maximum atomic E-state index is 13.3. The van der Waals surface area contributed by atoms with Crippen LogP contribution in [0, 0.1) is 5.82 Å². The highest BCUT2D eigenvalue weighted by Gasteiger charge is 2.30. The fraction of sp³-hybridized carbons (Fsp3) is 0.238. The average Bonchev–Trinajstić information content (AvgIpc) is 3.53. The predicted octanol–water partition coefficient (Wildman–Crippen LogP) is 5.17. The van der Waals surface area contributed by atoms with E-state index in [1.807, 2.05) is 5.38 Å². The van der Waals surface area contributed by atoms with Crippen LogP contribution in [0.4, 0.5) is 4.39 Å². The molecule has 1 aliphatic heterocycles. The first kappa shape index (κ1) is 20.6. The third-order valence-electron chi connectivity index (χ3n) is 5.14. The van der Waals surface area contributed by atoms with Gasteiger partial charge in [0, 0.05) is 24.0 Å². The topological polar surface area (TPSA) is 76.3 Å². The molecule has 5 rings (SSSR count). The van der Waals surface area contributed by atoms with Crippen LogP contribution in [0.25, 0.3) is 21.3 Å². The van der Waals surface area contributed by atoms with Gasteiger partial charge in [0.15, 0.2) is 0 Å². The summed E-state index contributed by atoms with van der Waals surface area (Å²) in [6.45, 7) is 1.08. The number of thioether (sulfide) groups is 1. The van der Waals surface area contributed by atoms with Crippen LogP contribution < -0.4 is 0 Å². The Morgan fingerprint density at radius 1 is 1.10 bits per heavy atom. The third kappa shape index (κ3) is 4.00. The summed E-state index contributed by atoms with van der Waals surface area (Å²) < 4.78 is 45.8. The molecule has 0 amide bonds. The summed E-state index contributed by atoms with van der Waals surface area (Å²) in [4.78, 5) is 9.63. The third-order valence-corrected chi connectivity index (χ3v) is 8.81. The number of thiophene rings is 1. The Labute approximate surface area is 187 Å². The highest BCUT2D eigenvalue weighted by molar-refractivity contribution is 7.98. The van der Waals surface area contributed by atoms with Crippen molar-refractivity contribution in [3.63, 3.8) is 0 Å². The Morgan fingerprint density at radius 3 is 2.65 bits per heavy atom. The van der Waals surface area contributed by atoms with Crippen molar-refractivity contribution in [2.75, 3.05) is 13.1 Å². The lowest BCUT2D eigenvalue weighted by Gasteiger charge is -2.12. The Morgan fingerprint density at radius 2 is 1.87 bits per heavy atom. The zero-order chi connectivity index (χ0) is 21.4. The van der Waals surface area contributed by atoms with E-state index in [1.165, 1.54) is 51.9 Å². The summed E-state index contributed by atoms with van der Waals surface area (Å²) in [5, 5.41) is 3.65. The molecule has 1 aromatic carbocycles. The number of halogens is 1. The van der Waals surface area contributed by atoms with Gasteiger partial charge in [0.2, 0.25) is 5.09 Å². The largest absolute Gasteiger partial charge is 0.447 e. The molecular formula is C21H18FN3O3S3. The molecule has 0 atom stereocenters. The summed E-state index contributed by atoms with van der Waals surface area (Å²) >= 11 is 2.96. The van der Waals surface area contributed by atoms with Gasteiger partial charge in [-0.05, 0) is 42.7 Å². The molecule has 160 valence electrons. The molecule has 4 heterocycles. The van der Waals surface area contributed by atoms with Crippen molar-refractivity contribution in [3.05, 3.63) is 59.7 Å². The fourth-order valence-electron chi connectivity index (χ4n) is 3.57. The lowest BCUT2D eigenvalue weighted by atomic mass is 10.1. The van der Waals surface area contributed by atoms with Gasteiger partial charge in [-0.3, -0.25) is 0 Å². The van der Waals surface area contributed by atoms with Crippen LogP contribution in [0.1, 0.15) is 18.6 Å². The molecule has 0 N–H and O–H groups in total. The van der Waals surface area contributed by atoms with Crippen LogP contribution in [-0.2, 0) is 15.8 Å². The van der Waals surface area contributed by atoms with Gasteiger partial charge in [-0.25, -0.2) is 22.8 Å². The Balaban J connectivity index is 1.40. The van der Waals surface area contributed by atoms with Crippen LogP contribution in [0.5, 0.6) is 0 Å². The summed E-state index contributed by atoms with van der Waals surface area (Å²) in [6, 6.07) is 9.55. The van der Waals surface area contributed by atoms with Crippen molar-refractivity contribution in [2.45, 2.75) is 28.7 Å². The number of fused-ring (bicyclic) bond motifs is 1. The molecule has 1 fully saturated rings.